The number of rotatable bonds is 2. The van der Waals surface area contributed by atoms with Gasteiger partial charge < -0.3 is 15.9 Å². The minimum atomic E-state index is -5.08. The van der Waals surface area contributed by atoms with Gasteiger partial charge in [-0.3, -0.25) is 0 Å². The highest BCUT2D eigenvalue weighted by molar-refractivity contribution is 5.73. The van der Waals surface area contributed by atoms with Gasteiger partial charge in [-0.05, 0) is 20.3 Å². The minimum absolute atomic E-state index is 0.681. The van der Waals surface area contributed by atoms with Gasteiger partial charge in [-0.25, -0.2) is 9.59 Å². The third-order valence-corrected chi connectivity index (χ3v) is 1.48. The van der Waals surface area contributed by atoms with Gasteiger partial charge in [-0.2, -0.15) is 26.3 Å². The first kappa shape index (κ1) is 31.4. The van der Waals surface area contributed by atoms with Crippen LogP contribution in [0.25, 0.3) is 0 Å². The van der Waals surface area contributed by atoms with Gasteiger partial charge in [-0.1, -0.05) is 6.92 Å². The Morgan fingerprint density at radius 1 is 0.846 bits per heavy atom. The van der Waals surface area contributed by atoms with Gasteiger partial charge >= 0.3 is 24.3 Å². The van der Waals surface area contributed by atoms with Gasteiger partial charge in [0.15, 0.2) is 0 Å². The number of nitrogens with two attached hydrogens (primary N) is 1. The molecule has 0 aliphatic rings. The lowest BCUT2D eigenvalue weighted by Crippen LogP contribution is -2.21. The second-order valence-corrected chi connectivity index (χ2v) is 3.75. The second kappa shape index (κ2) is 18.9. The van der Waals surface area contributed by atoms with E-state index in [1.54, 1.807) is 0 Å². The zero-order valence-corrected chi connectivity index (χ0v) is 14.4. The van der Waals surface area contributed by atoms with E-state index in [0.29, 0.717) is 6.54 Å². The van der Waals surface area contributed by atoms with Gasteiger partial charge in [0.2, 0.25) is 0 Å². The molecule has 0 bridgehead atoms. The van der Waals surface area contributed by atoms with E-state index >= 15 is 0 Å². The highest BCUT2D eigenvalue weighted by Gasteiger charge is 2.38. The Hall–Kier alpha value is -2.40. The molecule has 5 nitrogen and oxygen atoms in total. The molecule has 0 radical (unpaired) electrons. The minimum Gasteiger partial charge on any atom is -0.475 e. The fourth-order valence-electron chi connectivity index (χ4n) is 0.447. The third kappa shape index (κ3) is 37.7. The molecule has 0 saturated carbocycles. The van der Waals surface area contributed by atoms with Crippen molar-refractivity contribution < 1.29 is 46.1 Å². The molecular weight excluding hydrogens is 372 g/mol. The fraction of sp³-hybridized carbons (Fsp3) is 0.600. The smallest absolute Gasteiger partial charge is 0.475 e. The lowest BCUT2D eigenvalue weighted by atomic mass is 10.3. The average molecular weight is 393 g/mol. The first-order valence-electron chi connectivity index (χ1n) is 6.81. The predicted octanol–water partition coefficient (Wildman–Crippen LogP) is 3.43. The van der Waals surface area contributed by atoms with Crippen LogP contribution in [0.4, 0.5) is 26.3 Å². The number of carboxylic acids is 2. The zero-order chi connectivity index (χ0) is 21.8. The van der Waals surface area contributed by atoms with E-state index in [2.05, 4.69) is 30.6 Å². The number of aliphatic carboxylic acids is 2. The molecule has 0 aliphatic carbocycles. The predicted molar refractivity (Wildman–Crippen MR) is 82.9 cm³/mol. The standard InChI is InChI=1S/C6H10.C5H9N.2C2HF3O2/c1-3-5-6-4-2;1-2-3-4-5-6;2*3-2(4,5)1(6)7/h3,5H2,1-2H3;4-6H2,1H3;2*(H,6,7). The van der Waals surface area contributed by atoms with Crippen molar-refractivity contribution in [2.75, 3.05) is 6.54 Å². The summed E-state index contributed by atoms with van der Waals surface area (Å²) in [5, 5.41) is 14.2. The molecule has 0 fully saturated rings. The van der Waals surface area contributed by atoms with Gasteiger partial charge in [0, 0.05) is 19.4 Å². The van der Waals surface area contributed by atoms with E-state index in [1.807, 2.05) is 13.8 Å². The van der Waals surface area contributed by atoms with Crippen molar-refractivity contribution in [1.29, 1.82) is 0 Å². The summed E-state index contributed by atoms with van der Waals surface area (Å²) in [7, 11) is 0. The van der Waals surface area contributed by atoms with E-state index in [4.69, 9.17) is 25.5 Å². The van der Waals surface area contributed by atoms with E-state index in [1.165, 1.54) is 6.42 Å². The van der Waals surface area contributed by atoms with Crippen molar-refractivity contribution in [1.82, 2.24) is 0 Å². The molecule has 0 aromatic carbocycles. The quantitative estimate of drug-likeness (QED) is 0.493. The van der Waals surface area contributed by atoms with Crippen molar-refractivity contribution in [3.63, 3.8) is 0 Å². The molecule has 0 atom stereocenters. The summed E-state index contributed by atoms with van der Waals surface area (Å²) in [6.07, 6.45) is -7.10. The number of alkyl halides is 6. The number of halogens is 6. The van der Waals surface area contributed by atoms with Crippen LogP contribution in [0.15, 0.2) is 0 Å². The van der Waals surface area contributed by atoms with E-state index in [0.717, 1.165) is 12.8 Å². The maximum absolute atomic E-state index is 10.6. The van der Waals surface area contributed by atoms with Crippen LogP contribution in [-0.2, 0) is 9.59 Å². The lowest BCUT2D eigenvalue weighted by Gasteiger charge is -1.93. The molecule has 0 spiro atoms. The summed E-state index contributed by atoms with van der Waals surface area (Å²) in [6, 6.07) is 0. The molecule has 0 aliphatic heterocycles. The Labute approximate surface area is 147 Å². The van der Waals surface area contributed by atoms with Crippen molar-refractivity contribution >= 4 is 11.9 Å². The number of carbonyl (C=O) groups is 2. The second-order valence-electron chi connectivity index (χ2n) is 3.75. The maximum Gasteiger partial charge on any atom is 0.490 e. The third-order valence-electron chi connectivity index (χ3n) is 1.48. The van der Waals surface area contributed by atoms with Gasteiger partial charge in [0.05, 0.1) is 0 Å². The van der Waals surface area contributed by atoms with Crippen LogP contribution in [0, 0.1) is 23.7 Å². The summed E-state index contributed by atoms with van der Waals surface area (Å²) in [5.41, 5.74) is 5.11. The number of hydrogen-bond acceptors (Lipinski definition) is 3. The summed E-state index contributed by atoms with van der Waals surface area (Å²) >= 11 is 0. The van der Waals surface area contributed by atoms with Crippen LogP contribution in [0.1, 0.15) is 40.0 Å². The summed E-state index contributed by atoms with van der Waals surface area (Å²) in [5.74, 6) is 5.81. The maximum atomic E-state index is 10.6. The van der Waals surface area contributed by atoms with Gasteiger partial charge in [-0.15, -0.1) is 23.7 Å². The normalized spacial score (nSPS) is 9.00. The van der Waals surface area contributed by atoms with Crippen LogP contribution in [0.2, 0.25) is 0 Å². The zero-order valence-electron chi connectivity index (χ0n) is 14.4. The Balaban J connectivity index is -0.000000124. The molecule has 4 N–H and O–H groups in total. The van der Waals surface area contributed by atoms with Gasteiger partial charge in [0.25, 0.3) is 0 Å². The van der Waals surface area contributed by atoms with Crippen molar-refractivity contribution in [3.05, 3.63) is 0 Å². The fourth-order valence-corrected chi connectivity index (χ4v) is 0.447. The van der Waals surface area contributed by atoms with Crippen molar-refractivity contribution in [2.45, 2.75) is 52.4 Å². The molecule has 152 valence electrons. The highest BCUT2D eigenvalue weighted by Crippen LogP contribution is 2.13. The average Bonchev–Trinajstić information content (AvgIpc) is 2.50. The summed E-state index contributed by atoms with van der Waals surface area (Å²) in [6.45, 7) is 6.50. The number of hydrogen-bond donors (Lipinski definition) is 3. The molecule has 11 heteroatoms. The summed E-state index contributed by atoms with van der Waals surface area (Å²) < 4.78 is 63.5. The Kier molecular flexibility index (Phi) is 22.8. The van der Waals surface area contributed by atoms with E-state index in [9.17, 15) is 26.3 Å². The van der Waals surface area contributed by atoms with Crippen LogP contribution in [0.5, 0.6) is 0 Å². The van der Waals surface area contributed by atoms with Crippen LogP contribution < -0.4 is 5.73 Å². The van der Waals surface area contributed by atoms with Crippen LogP contribution >= 0.6 is 0 Å². The van der Waals surface area contributed by atoms with E-state index in [-0.39, 0.29) is 0 Å². The Morgan fingerprint density at radius 2 is 1.12 bits per heavy atom. The van der Waals surface area contributed by atoms with E-state index < -0.39 is 24.3 Å². The Bertz CT molecular complexity index is 447. The monoisotopic (exact) mass is 393 g/mol. The van der Waals surface area contributed by atoms with Crippen LogP contribution in [-0.4, -0.2) is 41.0 Å². The van der Waals surface area contributed by atoms with Gasteiger partial charge in [0.1, 0.15) is 0 Å². The molecule has 26 heavy (non-hydrogen) atoms. The summed E-state index contributed by atoms with van der Waals surface area (Å²) in [4.78, 5) is 17.8. The Morgan fingerprint density at radius 3 is 1.19 bits per heavy atom. The van der Waals surface area contributed by atoms with Crippen molar-refractivity contribution in [3.8, 4) is 23.7 Å². The lowest BCUT2D eigenvalue weighted by molar-refractivity contribution is -0.193. The molecule has 0 aromatic rings. The first-order chi connectivity index (χ1) is 11.7. The molecule has 0 rings (SSSR count). The molecule has 0 unspecified atom stereocenters. The largest absolute Gasteiger partial charge is 0.490 e. The first-order valence-corrected chi connectivity index (χ1v) is 6.81. The number of unbranched alkanes of at least 4 members (excludes halogenated alkanes) is 1. The molecule has 0 heterocycles. The molecule has 0 amide bonds. The van der Waals surface area contributed by atoms with Crippen molar-refractivity contribution in [2.24, 2.45) is 5.73 Å². The topological polar surface area (TPSA) is 101 Å². The molecular formula is C15H21F6NO4. The molecule has 0 saturated heterocycles. The SMILES string of the molecule is CC#CCCC.CC#CCCN.O=C(O)C(F)(F)F.O=C(O)C(F)(F)F. The number of carboxylic acid groups (broad SMARTS) is 2. The molecule has 0 aromatic heterocycles. The highest BCUT2D eigenvalue weighted by atomic mass is 19.4. The van der Waals surface area contributed by atoms with Crippen LogP contribution in [0.3, 0.4) is 0 Å².